The molecule has 1 fully saturated rings. The van der Waals surface area contributed by atoms with Crippen LogP contribution in [-0.2, 0) is 9.84 Å². The summed E-state index contributed by atoms with van der Waals surface area (Å²) in [4.78, 5) is 0. The van der Waals surface area contributed by atoms with Crippen LogP contribution in [0.4, 0.5) is 0 Å². The van der Waals surface area contributed by atoms with Gasteiger partial charge in [-0.25, -0.2) is 8.42 Å². The van der Waals surface area contributed by atoms with Crippen LogP contribution in [0.15, 0.2) is 0 Å². The fraction of sp³-hybridized carbons (Fsp3) is 1.00. The molecule has 102 valence electrons. The van der Waals surface area contributed by atoms with E-state index in [2.05, 4.69) is 5.32 Å². The molecule has 0 aromatic heterocycles. The standard InChI is InChI=1S/C12H25NO3S/c1-11(2,3)17(15,16)8-7-12(4,14)9-13-10-5-6-10/h10,13-14H,5-9H2,1-4H3. The molecule has 0 amide bonds. The molecule has 0 radical (unpaired) electrons. The minimum atomic E-state index is -3.14. The summed E-state index contributed by atoms with van der Waals surface area (Å²) < 4.78 is 23.1. The summed E-state index contributed by atoms with van der Waals surface area (Å²) in [7, 11) is -3.14. The van der Waals surface area contributed by atoms with E-state index in [9.17, 15) is 13.5 Å². The first-order valence-electron chi connectivity index (χ1n) is 6.22. The molecule has 5 heteroatoms. The number of aliphatic hydroxyl groups is 1. The van der Waals surface area contributed by atoms with Crippen molar-refractivity contribution in [2.45, 2.75) is 63.3 Å². The highest BCUT2D eigenvalue weighted by Gasteiger charge is 2.32. The number of hydrogen-bond donors (Lipinski definition) is 2. The normalized spacial score (nSPS) is 21.2. The van der Waals surface area contributed by atoms with Gasteiger partial charge in [-0.2, -0.15) is 0 Å². The van der Waals surface area contributed by atoms with Crippen LogP contribution < -0.4 is 5.32 Å². The Morgan fingerprint density at radius 1 is 1.24 bits per heavy atom. The van der Waals surface area contributed by atoms with E-state index < -0.39 is 20.2 Å². The Kier molecular flexibility index (Phi) is 4.27. The molecule has 0 aliphatic heterocycles. The van der Waals surface area contributed by atoms with Gasteiger partial charge in [0, 0.05) is 12.6 Å². The average molecular weight is 263 g/mol. The van der Waals surface area contributed by atoms with Crippen molar-refractivity contribution in [3.63, 3.8) is 0 Å². The van der Waals surface area contributed by atoms with E-state index in [1.807, 2.05) is 0 Å². The lowest BCUT2D eigenvalue weighted by Gasteiger charge is -2.26. The van der Waals surface area contributed by atoms with Gasteiger partial charge in [-0.15, -0.1) is 0 Å². The highest BCUT2D eigenvalue weighted by Crippen LogP contribution is 2.22. The van der Waals surface area contributed by atoms with Gasteiger partial charge in [0.05, 0.1) is 16.1 Å². The SMILES string of the molecule is CC(O)(CCS(=O)(=O)C(C)(C)C)CNC1CC1. The van der Waals surface area contributed by atoms with Crippen molar-refractivity contribution in [1.29, 1.82) is 0 Å². The van der Waals surface area contributed by atoms with Gasteiger partial charge in [0.1, 0.15) is 0 Å². The summed E-state index contributed by atoms with van der Waals surface area (Å²) in [6.07, 6.45) is 2.61. The van der Waals surface area contributed by atoms with E-state index in [1.165, 1.54) is 0 Å². The molecule has 0 bridgehead atoms. The molecule has 1 saturated carbocycles. The Hall–Kier alpha value is -0.130. The second-order valence-corrected chi connectivity index (χ2v) is 9.20. The third-order valence-electron chi connectivity index (χ3n) is 3.19. The van der Waals surface area contributed by atoms with Gasteiger partial charge >= 0.3 is 0 Å². The molecule has 0 aromatic rings. The van der Waals surface area contributed by atoms with E-state index in [0.29, 0.717) is 12.6 Å². The first-order chi connectivity index (χ1) is 7.54. The second kappa shape index (κ2) is 4.86. The summed E-state index contributed by atoms with van der Waals surface area (Å²) in [6, 6.07) is 0.528. The van der Waals surface area contributed by atoms with Gasteiger partial charge in [0.15, 0.2) is 9.84 Å². The molecule has 0 spiro atoms. The molecular formula is C12H25NO3S. The monoisotopic (exact) mass is 263 g/mol. The Morgan fingerprint density at radius 3 is 2.18 bits per heavy atom. The topological polar surface area (TPSA) is 66.4 Å². The van der Waals surface area contributed by atoms with Crippen LogP contribution in [0.5, 0.6) is 0 Å². The van der Waals surface area contributed by atoms with E-state index >= 15 is 0 Å². The molecule has 1 aliphatic carbocycles. The zero-order chi connectivity index (χ0) is 13.3. The van der Waals surface area contributed by atoms with Crippen molar-refractivity contribution in [3.8, 4) is 0 Å². The van der Waals surface area contributed by atoms with E-state index in [4.69, 9.17) is 0 Å². The highest BCUT2D eigenvalue weighted by atomic mass is 32.2. The summed E-state index contributed by atoms with van der Waals surface area (Å²) in [5.41, 5.74) is -0.944. The van der Waals surface area contributed by atoms with Crippen molar-refractivity contribution >= 4 is 9.84 Å². The Labute approximate surface area is 105 Å². The van der Waals surface area contributed by atoms with Crippen LogP contribution in [0.25, 0.3) is 0 Å². The third-order valence-corrected chi connectivity index (χ3v) is 5.80. The lowest BCUT2D eigenvalue weighted by atomic mass is 10.0. The van der Waals surface area contributed by atoms with Crippen molar-refractivity contribution in [2.75, 3.05) is 12.3 Å². The number of hydrogen-bond acceptors (Lipinski definition) is 4. The predicted molar refractivity (Wildman–Crippen MR) is 69.8 cm³/mol. The lowest BCUT2D eigenvalue weighted by Crippen LogP contribution is -2.41. The fourth-order valence-electron chi connectivity index (χ4n) is 1.40. The first kappa shape index (κ1) is 14.9. The molecular weight excluding hydrogens is 238 g/mol. The van der Waals surface area contributed by atoms with Gasteiger partial charge < -0.3 is 10.4 Å². The summed E-state index contributed by atoms with van der Waals surface area (Å²) >= 11 is 0. The van der Waals surface area contributed by atoms with E-state index in [1.54, 1.807) is 27.7 Å². The zero-order valence-electron chi connectivity index (χ0n) is 11.3. The van der Waals surface area contributed by atoms with Crippen LogP contribution >= 0.6 is 0 Å². The lowest BCUT2D eigenvalue weighted by molar-refractivity contribution is 0.0561. The minimum Gasteiger partial charge on any atom is -0.389 e. The van der Waals surface area contributed by atoms with Crippen LogP contribution in [0, 0.1) is 0 Å². The second-order valence-electron chi connectivity index (χ2n) is 6.33. The fourth-order valence-corrected chi connectivity index (χ4v) is 2.72. The first-order valence-corrected chi connectivity index (χ1v) is 7.87. The average Bonchev–Trinajstić information content (AvgIpc) is 2.94. The molecule has 4 nitrogen and oxygen atoms in total. The smallest absolute Gasteiger partial charge is 0.155 e. The zero-order valence-corrected chi connectivity index (χ0v) is 12.1. The largest absolute Gasteiger partial charge is 0.389 e. The summed E-state index contributed by atoms with van der Waals surface area (Å²) in [5.74, 6) is 0.0375. The van der Waals surface area contributed by atoms with Crippen LogP contribution in [0.1, 0.15) is 47.0 Å². The molecule has 1 atom stereocenters. The van der Waals surface area contributed by atoms with Crippen LogP contribution in [0.3, 0.4) is 0 Å². The van der Waals surface area contributed by atoms with E-state index in [0.717, 1.165) is 12.8 Å². The van der Waals surface area contributed by atoms with Crippen molar-refractivity contribution < 1.29 is 13.5 Å². The van der Waals surface area contributed by atoms with Crippen molar-refractivity contribution in [1.82, 2.24) is 5.32 Å². The number of rotatable bonds is 6. The number of nitrogens with one attached hydrogen (secondary N) is 1. The Balaban J connectivity index is 2.42. The molecule has 17 heavy (non-hydrogen) atoms. The highest BCUT2D eigenvalue weighted by molar-refractivity contribution is 7.92. The van der Waals surface area contributed by atoms with Crippen molar-refractivity contribution in [2.24, 2.45) is 0 Å². The van der Waals surface area contributed by atoms with Crippen LogP contribution in [0.2, 0.25) is 0 Å². The third kappa shape index (κ3) is 4.94. The van der Waals surface area contributed by atoms with Crippen LogP contribution in [-0.4, -0.2) is 42.2 Å². The molecule has 0 saturated heterocycles. The summed E-state index contributed by atoms with van der Waals surface area (Å²) in [6.45, 7) is 7.25. The van der Waals surface area contributed by atoms with Gasteiger partial charge in [-0.3, -0.25) is 0 Å². The number of sulfone groups is 1. The molecule has 2 N–H and O–H groups in total. The molecule has 0 aromatic carbocycles. The Morgan fingerprint density at radius 2 is 1.76 bits per heavy atom. The minimum absolute atomic E-state index is 0.0375. The van der Waals surface area contributed by atoms with Gasteiger partial charge in [-0.1, -0.05) is 0 Å². The van der Waals surface area contributed by atoms with Gasteiger partial charge in [0.25, 0.3) is 0 Å². The molecule has 1 rings (SSSR count). The molecule has 1 unspecified atom stereocenters. The van der Waals surface area contributed by atoms with E-state index in [-0.39, 0.29) is 12.2 Å². The quantitative estimate of drug-likeness (QED) is 0.753. The summed E-state index contributed by atoms with van der Waals surface area (Å²) in [5, 5.41) is 13.3. The molecule has 1 aliphatic rings. The molecule has 0 heterocycles. The van der Waals surface area contributed by atoms with Gasteiger partial charge in [-0.05, 0) is 47.0 Å². The maximum atomic E-state index is 11.9. The van der Waals surface area contributed by atoms with Crippen molar-refractivity contribution in [3.05, 3.63) is 0 Å². The Bertz CT molecular complexity index is 350. The van der Waals surface area contributed by atoms with Gasteiger partial charge in [0.2, 0.25) is 0 Å². The maximum absolute atomic E-state index is 11.9. The maximum Gasteiger partial charge on any atom is 0.155 e. The predicted octanol–water partition coefficient (Wildman–Crippen LogP) is 1.09.